The summed E-state index contributed by atoms with van der Waals surface area (Å²) in [5, 5.41) is 3.27. The van der Waals surface area contributed by atoms with E-state index in [2.05, 4.69) is 5.32 Å². The van der Waals surface area contributed by atoms with E-state index in [1.54, 1.807) is 18.2 Å². The molecule has 25 heavy (non-hydrogen) atoms. The number of halogens is 1. The van der Waals surface area contributed by atoms with Gasteiger partial charge in [0.15, 0.2) is 13.2 Å². The van der Waals surface area contributed by atoms with Crippen LogP contribution in [0.25, 0.3) is 0 Å². The lowest BCUT2D eigenvalue weighted by Gasteiger charge is -2.12. The second kappa shape index (κ2) is 8.53. The maximum Gasteiger partial charge on any atom is 0.344 e. The molecule has 0 radical (unpaired) electrons. The molecule has 0 aromatic heterocycles. The van der Waals surface area contributed by atoms with Crippen molar-refractivity contribution in [2.45, 2.75) is 20.8 Å². The first-order valence-corrected chi connectivity index (χ1v) is 8.14. The van der Waals surface area contributed by atoms with Crippen molar-refractivity contribution in [2.75, 3.05) is 18.5 Å². The van der Waals surface area contributed by atoms with E-state index in [0.29, 0.717) is 16.5 Å². The number of carbonyl (C=O) groups excluding carboxylic acids is 2. The number of rotatable bonds is 6. The normalized spacial score (nSPS) is 10.2. The Labute approximate surface area is 151 Å². The van der Waals surface area contributed by atoms with E-state index in [-0.39, 0.29) is 13.2 Å². The van der Waals surface area contributed by atoms with Crippen LogP contribution in [0.3, 0.4) is 0 Å². The predicted octanol–water partition coefficient (Wildman–Crippen LogP) is 3.83. The summed E-state index contributed by atoms with van der Waals surface area (Å²) < 4.78 is 10.4. The molecule has 0 atom stereocenters. The number of aryl methyl sites for hydroxylation is 3. The molecular weight excluding hydrogens is 342 g/mol. The number of amides is 1. The maximum absolute atomic E-state index is 11.8. The fourth-order valence-electron chi connectivity index (χ4n) is 2.36. The van der Waals surface area contributed by atoms with Crippen molar-refractivity contribution in [3.05, 3.63) is 58.1 Å². The third-order valence-electron chi connectivity index (χ3n) is 3.43. The highest BCUT2D eigenvalue weighted by molar-refractivity contribution is 6.30. The Morgan fingerprint density at radius 2 is 1.72 bits per heavy atom. The number of hydrogen-bond donors (Lipinski definition) is 1. The molecule has 0 aliphatic carbocycles. The SMILES string of the molecule is Cc1cccc(NC(=O)COC(=O)COc2c(C)cc(Cl)cc2C)c1. The van der Waals surface area contributed by atoms with E-state index < -0.39 is 11.9 Å². The number of hydrogen-bond acceptors (Lipinski definition) is 4. The fourth-order valence-corrected chi connectivity index (χ4v) is 2.69. The molecule has 0 saturated carbocycles. The first-order chi connectivity index (χ1) is 11.8. The lowest BCUT2D eigenvalue weighted by molar-refractivity contribution is -0.149. The quantitative estimate of drug-likeness (QED) is 0.794. The molecule has 0 bridgehead atoms. The van der Waals surface area contributed by atoms with Crippen molar-refractivity contribution in [3.8, 4) is 5.75 Å². The van der Waals surface area contributed by atoms with Gasteiger partial charge in [0, 0.05) is 10.7 Å². The smallest absolute Gasteiger partial charge is 0.344 e. The third-order valence-corrected chi connectivity index (χ3v) is 3.64. The molecule has 0 heterocycles. The van der Waals surface area contributed by atoms with E-state index in [0.717, 1.165) is 16.7 Å². The monoisotopic (exact) mass is 361 g/mol. The van der Waals surface area contributed by atoms with E-state index in [9.17, 15) is 9.59 Å². The molecule has 132 valence electrons. The Balaban J connectivity index is 1.80. The second-order valence-corrected chi connectivity index (χ2v) is 6.17. The van der Waals surface area contributed by atoms with E-state index in [1.807, 2.05) is 39.0 Å². The van der Waals surface area contributed by atoms with Crippen LogP contribution in [0.1, 0.15) is 16.7 Å². The van der Waals surface area contributed by atoms with Crippen LogP contribution in [0.4, 0.5) is 5.69 Å². The number of benzene rings is 2. The molecule has 2 aromatic carbocycles. The van der Waals surface area contributed by atoms with E-state index in [1.165, 1.54) is 0 Å². The van der Waals surface area contributed by atoms with Gasteiger partial charge in [-0.25, -0.2) is 4.79 Å². The van der Waals surface area contributed by atoms with Crippen molar-refractivity contribution >= 4 is 29.2 Å². The van der Waals surface area contributed by atoms with Gasteiger partial charge in [-0.15, -0.1) is 0 Å². The van der Waals surface area contributed by atoms with Gasteiger partial charge in [0.1, 0.15) is 5.75 Å². The van der Waals surface area contributed by atoms with Crippen LogP contribution in [0.5, 0.6) is 5.75 Å². The van der Waals surface area contributed by atoms with Gasteiger partial charge in [0.2, 0.25) is 0 Å². The summed E-state index contributed by atoms with van der Waals surface area (Å²) in [5.41, 5.74) is 3.34. The first-order valence-electron chi connectivity index (χ1n) is 7.77. The minimum Gasteiger partial charge on any atom is -0.481 e. The molecule has 0 fully saturated rings. The molecule has 2 aromatic rings. The Kier molecular flexibility index (Phi) is 6.42. The van der Waals surface area contributed by atoms with Crippen LogP contribution in [-0.2, 0) is 14.3 Å². The number of anilines is 1. The second-order valence-electron chi connectivity index (χ2n) is 5.74. The molecule has 0 aliphatic rings. The molecule has 5 nitrogen and oxygen atoms in total. The summed E-state index contributed by atoms with van der Waals surface area (Å²) in [6.07, 6.45) is 0. The Hall–Kier alpha value is -2.53. The number of ether oxygens (including phenoxy) is 2. The minimum atomic E-state index is -0.617. The van der Waals surface area contributed by atoms with Crippen molar-refractivity contribution in [2.24, 2.45) is 0 Å². The average Bonchev–Trinajstić information content (AvgIpc) is 2.52. The average molecular weight is 362 g/mol. The molecule has 2 rings (SSSR count). The molecule has 0 spiro atoms. The van der Waals surface area contributed by atoms with Crippen molar-refractivity contribution in [1.82, 2.24) is 0 Å². The molecule has 0 aliphatic heterocycles. The Bertz CT molecular complexity index is 766. The van der Waals surface area contributed by atoms with Gasteiger partial charge in [-0.1, -0.05) is 23.7 Å². The Morgan fingerprint density at radius 1 is 1.04 bits per heavy atom. The molecule has 1 N–H and O–H groups in total. The topological polar surface area (TPSA) is 64.6 Å². The summed E-state index contributed by atoms with van der Waals surface area (Å²) in [7, 11) is 0. The van der Waals surface area contributed by atoms with Crippen LogP contribution in [-0.4, -0.2) is 25.1 Å². The number of carbonyl (C=O) groups is 2. The summed E-state index contributed by atoms with van der Waals surface area (Å²) in [6, 6.07) is 10.9. The van der Waals surface area contributed by atoms with Crippen LogP contribution < -0.4 is 10.1 Å². The van der Waals surface area contributed by atoms with Gasteiger partial charge in [0.05, 0.1) is 0 Å². The molecule has 0 unspecified atom stereocenters. The Morgan fingerprint density at radius 3 is 2.36 bits per heavy atom. The number of esters is 1. The standard InChI is InChI=1S/C19H20ClNO4/c1-12-5-4-6-16(7-12)21-17(22)10-24-18(23)11-25-19-13(2)8-15(20)9-14(19)3/h4-9H,10-11H2,1-3H3,(H,21,22). The highest BCUT2D eigenvalue weighted by atomic mass is 35.5. The van der Waals surface area contributed by atoms with Crippen LogP contribution >= 0.6 is 11.6 Å². The van der Waals surface area contributed by atoms with Crippen molar-refractivity contribution in [1.29, 1.82) is 0 Å². The predicted molar refractivity (Wildman–Crippen MR) is 97.2 cm³/mol. The highest BCUT2D eigenvalue weighted by Crippen LogP contribution is 2.26. The van der Waals surface area contributed by atoms with Crippen LogP contribution in [0.15, 0.2) is 36.4 Å². The van der Waals surface area contributed by atoms with Gasteiger partial charge in [0.25, 0.3) is 5.91 Å². The van der Waals surface area contributed by atoms with E-state index in [4.69, 9.17) is 21.1 Å². The molecular formula is C19H20ClNO4. The maximum atomic E-state index is 11.8. The zero-order valence-electron chi connectivity index (χ0n) is 14.4. The third kappa shape index (κ3) is 5.80. The van der Waals surface area contributed by atoms with Gasteiger partial charge < -0.3 is 14.8 Å². The summed E-state index contributed by atoms with van der Waals surface area (Å²) in [6.45, 7) is 4.97. The zero-order chi connectivity index (χ0) is 18.4. The number of nitrogens with one attached hydrogen (secondary N) is 1. The molecule has 6 heteroatoms. The van der Waals surface area contributed by atoms with Crippen LogP contribution in [0.2, 0.25) is 5.02 Å². The molecule has 0 saturated heterocycles. The highest BCUT2D eigenvalue weighted by Gasteiger charge is 2.11. The molecule has 1 amide bonds. The van der Waals surface area contributed by atoms with Crippen molar-refractivity contribution in [3.63, 3.8) is 0 Å². The minimum absolute atomic E-state index is 0.277. The van der Waals surface area contributed by atoms with Gasteiger partial charge in [-0.3, -0.25) is 4.79 Å². The lowest BCUT2D eigenvalue weighted by Crippen LogP contribution is -2.23. The summed E-state index contributed by atoms with van der Waals surface area (Å²) in [5.74, 6) is -0.434. The first kappa shape index (κ1) is 18.8. The van der Waals surface area contributed by atoms with Gasteiger partial charge in [-0.2, -0.15) is 0 Å². The fraction of sp³-hybridized carbons (Fsp3) is 0.263. The van der Waals surface area contributed by atoms with Gasteiger partial charge in [-0.05, 0) is 61.7 Å². The van der Waals surface area contributed by atoms with Crippen molar-refractivity contribution < 1.29 is 19.1 Å². The zero-order valence-corrected chi connectivity index (χ0v) is 15.1. The van der Waals surface area contributed by atoms with Crippen LogP contribution in [0, 0.1) is 20.8 Å². The largest absolute Gasteiger partial charge is 0.481 e. The lowest BCUT2D eigenvalue weighted by atomic mass is 10.1. The van der Waals surface area contributed by atoms with Gasteiger partial charge >= 0.3 is 5.97 Å². The summed E-state index contributed by atoms with van der Waals surface area (Å²) in [4.78, 5) is 23.6. The summed E-state index contributed by atoms with van der Waals surface area (Å²) >= 11 is 5.95. The van der Waals surface area contributed by atoms with E-state index >= 15 is 0 Å².